The van der Waals surface area contributed by atoms with Gasteiger partial charge < -0.3 is 19.6 Å². The van der Waals surface area contributed by atoms with Crippen molar-refractivity contribution >= 4 is 28.8 Å². The Morgan fingerprint density at radius 2 is 1.86 bits per heavy atom. The molecule has 1 atom stereocenters. The highest BCUT2D eigenvalue weighted by molar-refractivity contribution is 7.10. The van der Waals surface area contributed by atoms with Gasteiger partial charge in [0.1, 0.15) is 11.5 Å². The fraction of sp³-hybridized carbons (Fsp3) is 0.364. The second-order valence-corrected chi connectivity index (χ2v) is 7.92. The Kier molecular flexibility index (Phi) is 6.71. The summed E-state index contributed by atoms with van der Waals surface area (Å²) in [7, 11) is 1.56. The van der Waals surface area contributed by atoms with Gasteiger partial charge >= 0.3 is 0 Å². The number of benzene rings is 1. The molecule has 0 unspecified atom stereocenters. The molecule has 0 spiro atoms. The number of likely N-dealkylation sites (tertiary alicyclic amines) is 1. The number of hydrogen-bond donors (Lipinski definition) is 2. The quantitative estimate of drug-likeness (QED) is 0.394. The first-order chi connectivity index (χ1) is 14.0. The molecule has 1 aromatic carbocycles. The standard InChI is InChI=1S/C22H26N2O4S/c1-4-23(5-2)12-13-24-19(17-7-6-14-29-17)18(21(26)22(24)27)20(25)15-8-10-16(28-3)11-9-15/h6-11,14,19,25H,4-5,12-13H2,1-3H3/p+1/b20-18+/t19-/m0/s1. The summed E-state index contributed by atoms with van der Waals surface area (Å²) >= 11 is 1.48. The van der Waals surface area contributed by atoms with Crippen molar-refractivity contribution in [2.45, 2.75) is 19.9 Å². The van der Waals surface area contributed by atoms with E-state index in [0.717, 1.165) is 24.5 Å². The van der Waals surface area contributed by atoms with Gasteiger partial charge in [-0.3, -0.25) is 9.59 Å². The van der Waals surface area contributed by atoms with E-state index in [1.165, 1.54) is 16.2 Å². The third kappa shape index (κ3) is 4.21. The molecule has 0 bridgehead atoms. The number of thiophene rings is 1. The molecule has 2 N–H and O–H groups in total. The fourth-order valence-corrected chi connectivity index (χ4v) is 4.49. The third-order valence-electron chi connectivity index (χ3n) is 5.42. The molecule has 3 rings (SSSR count). The topological polar surface area (TPSA) is 71.3 Å². The van der Waals surface area contributed by atoms with E-state index in [-0.39, 0.29) is 11.3 Å². The van der Waals surface area contributed by atoms with Crippen LogP contribution in [0.2, 0.25) is 0 Å². The number of carbonyl (C=O) groups excluding carboxylic acids is 2. The number of ketones is 1. The lowest BCUT2D eigenvalue weighted by atomic mass is 10.00. The van der Waals surface area contributed by atoms with Gasteiger partial charge in [-0.05, 0) is 49.6 Å². The van der Waals surface area contributed by atoms with E-state index in [9.17, 15) is 14.7 Å². The van der Waals surface area contributed by atoms with E-state index in [1.807, 2.05) is 17.5 Å². The van der Waals surface area contributed by atoms with Crippen molar-refractivity contribution < 1.29 is 24.3 Å². The number of carbonyl (C=O) groups is 2. The fourth-order valence-electron chi connectivity index (χ4n) is 3.64. The molecule has 0 radical (unpaired) electrons. The summed E-state index contributed by atoms with van der Waals surface area (Å²) in [6.07, 6.45) is 0. The van der Waals surface area contributed by atoms with Crippen molar-refractivity contribution in [3.63, 3.8) is 0 Å². The summed E-state index contributed by atoms with van der Waals surface area (Å²) in [5, 5.41) is 12.9. The molecule has 0 aliphatic carbocycles. The molecular formula is C22H27N2O4S+. The lowest BCUT2D eigenvalue weighted by molar-refractivity contribution is -0.895. The van der Waals surface area contributed by atoms with E-state index in [1.54, 1.807) is 36.3 Å². The minimum atomic E-state index is -0.633. The molecule has 6 nitrogen and oxygen atoms in total. The number of aliphatic hydroxyl groups excluding tert-OH is 1. The zero-order chi connectivity index (χ0) is 21.0. The minimum Gasteiger partial charge on any atom is -0.507 e. The van der Waals surface area contributed by atoms with E-state index in [0.29, 0.717) is 17.9 Å². The number of methoxy groups -OCH3 is 1. The summed E-state index contributed by atoms with van der Waals surface area (Å²) in [6.45, 7) is 7.33. The summed E-state index contributed by atoms with van der Waals surface area (Å²) in [5.74, 6) is -0.683. The van der Waals surface area contributed by atoms with Gasteiger partial charge in [0.2, 0.25) is 0 Å². The van der Waals surface area contributed by atoms with Gasteiger partial charge in [0.05, 0.1) is 44.9 Å². The molecule has 1 aliphatic rings. The summed E-state index contributed by atoms with van der Waals surface area (Å²) in [6, 6.07) is 10.0. The predicted octanol–water partition coefficient (Wildman–Crippen LogP) is 2.10. The molecule has 2 heterocycles. The number of amides is 1. The molecule has 1 saturated heterocycles. The lowest BCUT2D eigenvalue weighted by Gasteiger charge is -2.25. The van der Waals surface area contributed by atoms with Crippen LogP contribution in [-0.4, -0.2) is 55.0 Å². The van der Waals surface area contributed by atoms with Crippen molar-refractivity contribution in [3.8, 4) is 5.75 Å². The van der Waals surface area contributed by atoms with Gasteiger partial charge in [-0.15, -0.1) is 11.3 Å². The molecule has 1 aromatic heterocycles. The normalized spacial score (nSPS) is 18.6. The first kappa shape index (κ1) is 21.1. The Balaban J connectivity index is 2.02. The lowest BCUT2D eigenvalue weighted by Crippen LogP contribution is -3.12. The Morgan fingerprint density at radius 1 is 1.17 bits per heavy atom. The number of rotatable bonds is 8. The van der Waals surface area contributed by atoms with E-state index in [4.69, 9.17) is 4.74 Å². The van der Waals surface area contributed by atoms with Crippen LogP contribution in [0.5, 0.6) is 5.75 Å². The van der Waals surface area contributed by atoms with Gasteiger partial charge in [-0.25, -0.2) is 0 Å². The van der Waals surface area contributed by atoms with Gasteiger partial charge in [0.15, 0.2) is 0 Å². The van der Waals surface area contributed by atoms with Crippen LogP contribution in [0, 0.1) is 0 Å². The SMILES string of the molecule is CC[NH+](CC)CCN1C(=O)C(=O)/C(=C(/O)c2ccc(OC)cc2)[C@@H]1c1cccs1. The molecule has 7 heteroatoms. The van der Waals surface area contributed by atoms with E-state index in [2.05, 4.69) is 13.8 Å². The minimum absolute atomic E-state index is 0.150. The van der Waals surface area contributed by atoms with Crippen molar-refractivity contribution in [3.05, 3.63) is 57.8 Å². The Labute approximate surface area is 175 Å². The second kappa shape index (κ2) is 9.24. The first-order valence-electron chi connectivity index (χ1n) is 9.81. The average Bonchev–Trinajstić information content (AvgIpc) is 3.36. The van der Waals surface area contributed by atoms with Crippen LogP contribution in [0.4, 0.5) is 0 Å². The molecule has 29 heavy (non-hydrogen) atoms. The number of Topliss-reactive ketones (excluding diaryl/α,β-unsaturated/α-hetero) is 1. The Morgan fingerprint density at radius 3 is 2.41 bits per heavy atom. The monoisotopic (exact) mass is 415 g/mol. The van der Waals surface area contributed by atoms with Crippen LogP contribution in [-0.2, 0) is 9.59 Å². The number of ether oxygens (including phenoxy) is 1. The van der Waals surface area contributed by atoms with Crippen molar-refractivity contribution in [1.29, 1.82) is 0 Å². The number of quaternary nitrogens is 1. The number of nitrogens with one attached hydrogen (secondary N) is 1. The van der Waals surface area contributed by atoms with Crippen molar-refractivity contribution in [2.75, 3.05) is 33.3 Å². The number of hydrogen-bond acceptors (Lipinski definition) is 5. The van der Waals surface area contributed by atoms with Crippen LogP contribution in [0.1, 0.15) is 30.3 Å². The number of likely N-dealkylation sites (N-methyl/N-ethyl adjacent to an activating group) is 1. The van der Waals surface area contributed by atoms with Crippen LogP contribution in [0.15, 0.2) is 47.4 Å². The zero-order valence-electron chi connectivity index (χ0n) is 17.0. The van der Waals surface area contributed by atoms with E-state index < -0.39 is 17.7 Å². The van der Waals surface area contributed by atoms with Gasteiger partial charge in [0.25, 0.3) is 11.7 Å². The highest BCUT2D eigenvalue weighted by Crippen LogP contribution is 2.40. The van der Waals surface area contributed by atoms with Crippen LogP contribution in [0.3, 0.4) is 0 Å². The second-order valence-electron chi connectivity index (χ2n) is 6.94. The van der Waals surface area contributed by atoms with Gasteiger partial charge in [0, 0.05) is 10.4 Å². The Hall–Kier alpha value is -2.64. The number of aliphatic hydroxyl groups is 1. The van der Waals surface area contributed by atoms with E-state index >= 15 is 0 Å². The molecule has 2 aromatic rings. The van der Waals surface area contributed by atoms with Gasteiger partial charge in [-0.2, -0.15) is 0 Å². The van der Waals surface area contributed by atoms with Crippen molar-refractivity contribution in [1.82, 2.24) is 4.90 Å². The van der Waals surface area contributed by atoms with Crippen LogP contribution in [0.25, 0.3) is 5.76 Å². The zero-order valence-corrected chi connectivity index (χ0v) is 17.8. The Bertz CT molecular complexity index is 886. The maximum absolute atomic E-state index is 12.9. The predicted molar refractivity (Wildman–Crippen MR) is 113 cm³/mol. The maximum atomic E-state index is 12.9. The first-order valence-corrected chi connectivity index (χ1v) is 10.7. The molecule has 1 aliphatic heterocycles. The largest absolute Gasteiger partial charge is 0.507 e. The number of nitrogens with zero attached hydrogens (tertiary/aromatic N) is 1. The molecule has 1 fully saturated rings. The molecule has 0 saturated carbocycles. The highest BCUT2D eigenvalue weighted by Gasteiger charge is 2.46. The molecule has 154 valence electrons. The van der Waals surface area contributed by atoms with Crippen molar-refractivity contribution in [2.24, 2.45) is 0 Å². The van der Waals surface area contributed by atoms with Crippen LogP contribution < -0.4 is 9.64 Å². The summed E-state index contributed by atoms with van der Waals surface area (Å²) in [5.41, 5.74) is 0.636. The summed E-state index contributed by atoms with van der Waals surface area (Å²) in [4.78, 5) is 29.6. The van der Waals surface area contributed by atoms with Gasteiger partial charge in [-0.1, -0.05) is 6.07 Å². The van der Waals surface area contributed by atoms with Crippen LogP contribution >= 0.6 is 11.3 Å². The third-order valence-corrected chi connectivity index (χ3v) is 6.35. The maximum Gasteiger partial charge on any atom is 0.295 e. The smallest absolute Gasteiger partial charge is 0.295 e. The molecule has 1 amide bonds. The average molecular weight is 416 g/mol. The highest BCUT2D eigenvalue weighted by atomic mass is 32.1. The summed E-state index contributed by atoms with van der Waals surface area (Å²) < 4.78 is 5.16. The molecular weight excluding hydrogens is 388 g/mol.